The van der Waals surface area contributed by atoms with Crippen LogP contribution in [0.25, 0.3) is 0 Å². The van der Waals surface area contributed by atoms with E-state index >= 15 is 0 Å². The molecule has 0 heterocycles. The molecule has 1 aromatic rings. The van der Waals surface area contributed by atoms with Crippen molar-refractivity contribution in [2.45, 2.75) is 32.7 Å². The fourth-order valence-corrected chi connectivity index (χ4v) is 1.79. The summed E-state index contributed by atoms with van der Waals surface area (Å²) in [7, 11) is 1.67. The van der Waals surface area contributed by atoms with Crippen molar-refractivity contribution in [2.24, 2.45) is 0 Å². The Morgan fingerprint density at radius 3 is 2.61 bits per heavy atom. The number of benzene rings is 1. The van der Waals surface area contributed by atoms with E-state index in [0.29, 0.717) is 11.1 Å². The normalized spacial score (nSPS) is 12.7. The van der Waals surface area contributed by atoms with Crippen molar-refractivity contribution < 1.29 is 13.5 Å². The quantitative estimate of drug-likeness (QED) is 0.756. The van der Waals surface area contributed by atoms with Gasteiger partial charge in [0.1, 0.15) is 11.6 Å². The molecule has 0 amide bonds. The molecular weight excluding hydrogens is 236 g/mol. The van der Waals surface area contributed by atoms with E-state index < -0.39 is 0 Å². The summed E-state index contributed by atoms with van der Waals surface area (Å²) < 4.78 is 32.0. The third-order valence-electron chi connectivity index (χ3n) is 2.97. The van der Waals surface area contributed by atoms with Gasteiger partial charge >= 0.3 is 0 Å². The van der Waals surface area contributed by atoms with E-state index in [2.05, 4.69) is 5.32 Å². The third kappa shape index (κ3) is 4.35. The standard InChI is InChI=1S/C14H21F2NO/c1-10-8-14(16)12(9-13(10)15)11(2)17-6-4-5-7-18-3/h8-9,11,17H,4-7H2,1-3H3. The van der Waals surface area contributed by atoms with Gasteiger partial charge in [0.05, 0.1) is 0 Å². The number of rotatable bonds is 7. The molecule has 102 valence electrons. The molecule has 1 unspecified atom stereocenters. The molecule has 0 saturated heterocycles. The van der Waals surface area contributed by atoms with Gasteiger partial charge in [-0.25, -0.2) is 8.78 Å². The van der Waals surface area contributed by atoms with Crippen LogP contribution in [0.1, 0.15) is 36.9 Å². The molecule has 0 saturated carbocycles. The van der Waals surface area contributed by atoms with Crippen LogP contribution in [0, 0.1) is 18.6 Å². The fourth-order valence-electron chi connectivity index (χ4n) is 1.79. The Balaban J connectivity index is 2.51. The molecule has 0 aliphatic heterocycles. The molecule has 0 radical (unpaired) electrons. The van der Waals surface area contributed by atoms with Crippen molar-refractivity contribution in [1.82, 2.24) is 5.32 Å². The van der Waals surface area contributed by atoms with Crippen LogP contribution in [-0.2, 0) is 4.74 Å². The number of halogens is 2. The van der Waals surface area contributed by atoms with Crippen molar-refractivity contribution in [2.75, 3.05) is 20.3 Å². The van der Waals surface area contributed by atoms with Crippen LogP contribution in [-0.4, -0.2) is 20.3 Å². The van der Waals surface area contributed by atoms with Gasteiger partial charge in [-0.1, -0.05) is 0 Å². The van der Waals surface area contributed by atoms with Gasteiger partial charge in [-0.05, 0) is 50.9 Å². The Morgan fingerprint density at radius 1 is 1.22 bits per heavy atom. The van der Waals surface area contributed by atoms with E-state index in [4.69, 9.17) is 4.74 Å². The van der Waals surface area contributed by atoms with Crippen LogP contribution in [0.3, 0.4) is 0 Å². The highest BCUT2D eigenvalue weighted by molar-refractivity contribution is 5.27. The van der Waals surface area contributed by atoms with E-state index in [1.807, 2.05) is 6.92 Å². The van der Waals surface area contributed by atoms with Crippen molar-refractivity contribution in [1.29, 1.82) is 0 Å². The van der Waals surface area contributed by atoms with Gasteiger partial charge in [-0.3, -0.25) is 0 Å². The lowest BCUT2D eigenvalue weighted by Gasteiger charge is -2.15. The Kier molecular flexibility index (Phi) is 6.22. The first-order chi connectivity index (χ1) is 8.56. The summed E-state index contributed by atoms with van der Waals surface area (Å²) in [5.41, 5.74) is 0.716. The Hall–Kier alpha value is -1.00. The summed E-state index contributed by atoms with van der Waals surface area (Å²) in [6.45, 7) is 4.89. The van der Waals surface area contributed by atoms with Gasteiger partial charge < -0.3 is 10.1 Å². The number of ether oxygens (including phenoxy) is 1. The highest BCUT2D eigenvalue weighted by atomic mass is 19.1. The lowest BCUT2D eigenvalue weighted by molar-refractivity contribution is 0.192. The van der Waals surface area contributed by atoms with Crippen molar-refractivity contribution >= 4 is 0 Å². The first-order valence-electron chi connectivity index (χ1n) is 6.24. The van der Waals surface area contributed by atoms with Crippen LogP contribution in [0.2, 0.25) is 0 Å². The molecule has 0 aliphatic carbocycles. The van der Waals surface area contributed by atoms with Crippen molar-refractivity contribution in [3.63, 3.8) is 0 Å². The van der Waals surface area contributed by atoms with E-state index in [1.54, 1.807) is 14.0 Å². The minimum Gasteiger partial charge on any atom is -0.385 e. The second-order valence-electron chi connectivity index (χ2n) is 4.50. The molecule has 0 fully saturated rings. The zero-order valence-electron chi connectivity index (χ0n) is 11.2. The summed E-state index contributed by atoms with van der Waals surface area (Å²) in [4.78, 5) is 0. The summed E-state index contributed by atoms with van der Waals surface area (Å²) >= 11 is 0. The zero-order chi connectivity index (χ0) is 13.5. The Morgan fingerprint density at radius 2 is 1.94 bits per heavy atom. The Labute approximate surface area is 107 Å². The van der Waals surface area contributed by atoms with Crippen LogP contribution >= 0.6 is 0 Å². The summed E-state index contributed by atoms with van der Waals surface area (Å²) in [6, 6.07) is 2.33. The predicted octanol–water partition coefficient (Wildman–Crippen LogP) is 3.35. The largest absolute Gasteiger partial charge is 0.385 e. The van der Waals surface area contributed by atoms with Gasteiger partial charge in [0.15, 0.2) is 0 Å². The third-order valence-corrected chi connectivity index (χ3v) is 2.97. The number of nitrogens with one attached hydrogen (secondary N) is 1. The predicted molar refractivity (Wildman–Crippen MR) is 68.6 cm³/mol. The van der Waals surface area contributed by atoms with E-state index in [-0.39, 0.29) is 17.7 Å². The average molecular weight is 257 g/mol. The molecule has 0 spiro atoms. The molecule has 1 atom stereocenters. The zero-order valence-corrected chi connectivity index (χ0v) is 11.2. The second kappa shape index (κ2) is 7.44. The molecule has 4 heteroatoms. The van der Waals surface area contributed by atoms with Gasteiger partial charge in [-0.15, -0.1) is 0 Å². The van der Waals surface area contributed by atoms with Crippen LogP contribution in [0.5, 0.6) is 0 Å². The molecule has 0 aliphatic rings. The monoisotopic (exact) mass is 257 g/mol. The highest BCUT2D eigenvalue weighted by Gasteiger charge is 2.13. The fraction of sp³-hybridized carbons (Fsp3) is 0.571. The number of hydrogen-bond acceptors (Lipinski definition) is 2. The number of unbranched alkanes of at least 4 members (excludes halogenated alkanes) is 1. The van der Waals surface area contributed by atoms with Gasteiger partial charge in [0, 0.05) is 25.3 Å². The molecular formula is C14H21F2NO. The summed E-state index contributed by atoms with van der Waals surface area (Å²) in [5.74, 6) is -0.717. The first-order valence-corrected chi connectivity index (χ1v) is 6.24. The maximum atomic E-state index is 13.7. The number of methoxy groups -OCH3 is 1. The SMILES string of the molecule is COCCCCNC(C)c1cc(F)c(C)cc1F. The molecule has 0 bridgehead atoms. The minimum atomic E-state index is -0.362. The average Bonchev–Trinajstić information content (AvgIpc) is 2.33. The van der Waals surface area contributed by atoms with Crippen LogP contribution in [0.15, 0.2) is 12.1 Å². The van der Waals surface area contributed by atoms with E-state index in [1.165, 1.54) is 12.1 Å². The summed E-state index contributed by atoms with van der Waals surface area (Å²) in [6.07, 6.45) is 1.91. The topological polar surface area (TPSA) is 21.3 Å². The van der Waals surface area contributed by atoms with E-state index in [0.717, 1.165) is 26.0 Å². The molecule has 1 rings (SSSR count). The number of aryl methyl sites for hydroxylation is 1. The van der Waals surface area contributed by atoms with Gasteiger partial charge in [0.2, 0.25) is 0 Å². The number of hydrogen-bond donors (Lipinski definition) is 1. The van der Waals surface area contributed by atoms with Gasteiger partial charge in [0.25, 0.3) is 0 Å². The molecule has 1 N–H and O–H groups in total. The van der Waals surface area contributed by atoms with Crippen LogP contribution in [0.4, 0.5) is 8.78 Å². The summed E-state index contributed by atoms with van der Waals surface area (Å²) in [5, 5.41) is 3.18. The van der Waals surface area contributed by atoms with Gasteiger partial charge in [-0.2, -0.15) is 0 Å². The minimum absolute atomic E-state index is 0.192. The molecule has 2 nitrogen and oxygen atoms in total. The lowest BCUT2D eigenvalue weighted by Crippen LogP contribution is -2.21. The van der Waals surface area contributed by atoms with E-state index in [9.17, 15) is 8.78 Å². The maximum Gasteiger partial charge on any atom is 0.128 e. The lowest BCUT2D eigenvalue weighted by atomic mass is 10.0. The maximum absolute atomic E-state index is 13.7. The Bertz CT molecular complexity index is 382. The van der Waals surface area contributed by atoms with Crippen LogP contribution < -0.4 is 5.32 Å². The first kappa shape index (κ1) is 15.1. The second-order valence-corrected chi connectivity index (χ2v) is 4.50. The smallest absolute Gasteiger partial charge is 0.128 e. The molecule has 0 aromatic heterocycles. The molecule has 1 aromatic carbocycles. The van der Waals surface area contributed by atoms with Crippen molar-refractivity contribution in [3.8, 4) is 0 Å². The molecule has 18 heavy (non-hydrogen) atoms. The highest BCUT2D eigenvalue weighted by Crippen LogP contribution is 2.20. The van der Waals surface area contributed by atoms with Crippen molar-refractivity contribution in [3.05, 3.63) is 34.9 Å².